The van der Waals surface area contributed by atoms with Gasteiger partial charge in [-0.15, -0.1) is 0 Å². The van der Waals surface area contributed by atoms with Gasteiger partial charge in [-0.2, -0.15) is 5.26 Å². The smallest absolute Gasteiger partial charge is 0.278 e. The van der Waals surface area contributed by atoms with Crippen molar-refractivity contribution in [3.63, 3.8) is 0 Å². The molecule has 0 bridgehead atoms. The van der Waals surface area contributed by atoms with Gasteiger partial charge in [0.2, 0.25) is 0 Å². The Kier molecular flexibility index (Phi) is 3.88. The van der Waals surface area contributed by atoms with Crippen molar-refractivity contribution in [3.8, 4) is 6.07 Å². The van der Waals surface area contributed by atoms with E-state index in [0.29, 0.717) is 17.1 Å². The van der Waals surface area contributed by atoms with Crippen molar-refractivity contribution < 1.29 is 4.79 Å². The number of nitrogens with two attached hydrogens (primary N) is 1. The van der Waals surface area contributed by atoms with Gasteiger partial charge in [0.05, 0.1) is 24.0 Å². The highest BCUT2D eigenvalue weighted by atomic mass is 16.2. The lowest BCUT2D eigenvalue weighted by Crippen LogP contribution is -2.27. The highest BCUT2D eigenvalue weighted by Crippen LogP contribution is 2.15. The number of nitrogen functional groups attached to an aromatic ring is 1. The monoisotopic (exact) mass is 268 g/mol. The number of hydrogen-bond donors (Lipinski definition) is 2. The summed E-state index contributed by atoms with van der Waals surface area (Å²) in [7, 11) is 1.62. The summed E-state index contributed by atoms with van der Waals surface area (Å²) in [6.07, 6.45) is 2.78. The third-order valence-electron chi connectivity index (χ3n) is 2.69. The van der Waals surface area contributed by atoms with E-state index < -0.39 is 0 Å². The molecule has 0 fully saturated rings. The minimum absolute atomic E-state index is 0.173. The van der Waals surface area contributed by atoms with Crippen LogP contribution in [0.5, 0.6) is 0 Å². The van der Waals surface area contributed by atoms with E-state index in [2.05, 4.69) is 15.4 Å². The summed E-state index contributed by atoms with van der Waals surface area (Å²) in [4.78, 5) is 21.6. The molecule has 0 aliphatic rings. The largest absolute Gasteiger partial charge is 0.310 e. The number of nitriles is 1. The molecule has 100 valence electrons. The Hall–Kier alpha value is -2.98. The maximum absolute atomic E-state index is 12.3. The molecule has 3 N–H and O–H groups in total. The molecule has 1 aromatic heterocycles. The standard InChI is InChI=1S/C13H12N6O/c1-19(10-4-2-9(6-14)3-5-10)13(20)11-7-16-8-12(17-11)18-15/h2-5,7-8H,15H2,1H3,(H,17,18). The summed E-state index contributed by atoms with van der Waals surface area (Å²) in [5.74, 6) is 5.22. The summed E-state index contributed by atoms with van der Waals surface area (Å²) in [5, 5.41) is 8.74. The first-order valence-corrected chi connectivity index (χ1v) is 5.72. The summed E-state index contributed by atoms with van der Waals surface area (Å²) in [6.45, 7) is 0. The molecule has 2 aromatic rings. The molecule has 20 heavy (non-hydrogen) atoms. The molecule has 0 atom stereocenters. The molecule has 0 saturated carbocycles. The zero-order valence-corrected chi connectivity index (χ0v) is 10.7. The van der Waals surface area contributed by atoms with Crippen molar-refractivity contribution in [1.82, 2.24) is 9.97 Å². The van der Waals surface area contributed by atoms with Gasteiger partial charge in [0.15, 0.2) is 5.82 Å². The van der Waals surface area contributed by atoms with Gasteiger partial charge in [-0.05, 0) is 24.3 Å². The van der Waals surface area contributed by atoms with Gasteiger partial charge in [0.25, 0.3) is 5.91 Å². The molecule has 0 aliphatic heterocycles. The van der Waals surface area contributed by atoms with Crippen molar-refractivity contribution in [2.75, 3.05) is 17.4 Å². The van der Waals surface area contributed by atoms with Gasteiger partial charge in [0.1, 0.15) is 5.69 Å². The molecular weight excluding hydrogens is 256 g/mol. The summed E-state index contributed by atoms with van der Waals surface area (Å²) >= 11 is 0. The van der Waals surface area contributed by atoms with Crippen molar-refractivity contribution in [2.45, 2.75) is 0 Å². The fourth-order valence-electron chi connectivity index (χ4n) is 1.59. The van der Waals surface area contributed by atoms with E-state index in [0.717, 1.165) is 0 Å². The van der Waals surface area contributed by atoms with Crippen LogP contribution >= 0.6 is 0 Å². The molecule has 0 spiro atoms. The summed E-state index contributed by atoms with van der Waals surface area (Å²) < 4.78 is 0. The fourth-order valence-corrected chi connectivity index (χ4v) is 1.59. The van der Waals surface area contributed by atoms with E-state index >= 15 is 0 Å². The Labute approximate surface area is 115 Å². The molecule has 1 amide bonds. The van der Waals surface area contributed by atoms with Crippen LogP contribution in [0.15, 0.2) is 36.7 Å². The number of anilines is 2. The predicted molar refractivity (Wildman–Crippen MR) is 73.7 cm³/mol. The molecule has 0 radical (unpaired) electrons. The molecule has 1 aromatic carbocycles. The molecule has 1 heterocycles. The van der Waals surface area contributed by atoms with Crippen LogP contribution in [0.2, 0.25) is 0 Å². The average Bonchev–Trinajstić information content (AvgIpc) is 2.53. The normalized spacial score (nSPS) is 9.65. The van der Waals surface area contributed by atoms with E-state index in [1.165, 1.54) is 17.3 Å². The lowest BCUT2D eigenvalue weighted by Gasteiger charge is -2.16. The van der Waals surface area contributed by atoms with Gasteiger partial charge in [-0.3, -0.25) is 9.78 Å². The van der Waals surface area contributed by atoms with Gasteiger partial charge >= 0.3 is 0 Å². The maximum Gasteiger partial charge on any atom is 0.278 e. The molecule has 7 nitrogen and oxygen atoms in total. The van der Waals surface area contributed by atoms with Crippen LogP contribution in [0.1, 0.15) is 16.1 Å². The molecule has 0 saturated heterocycles. The minimum Gasteiger partial charge on any atom is -0.310 e. The molecule has 0 unspecified atom stereocenters. The third-order valence-corrected chi connectivity index (χ3v) is 2.69. The Balaban J connectivity index is 2.25. The number of hydrazine groups is 1. The number of carbonyl (C=O) groups excluding carboxylic acids is 1. The van der Waals surface area contributed by atoms with Gasteiger partial charge in [-0.25, -0.2) is 10.8 Å². The number of amides is 1. The van der Waals surface area contributed by atoms with Crippen LogP contribution in [-0.4, -0.2) is 22.9 Å². The Morgan fingerprint density at radius 3 is 2.65 bits per heavy atom. The number of hydrogen-bond acceptors (Lipinski definition) is 6. The van der Waals surface area contributed by atoms with Crippen molar-refractivity contribution in [3.05, 3.63) is 47.9 Å². The number of aromatic nitrogens is 2. The van der Waals surface area contributed by atoms with Gasteiger partial charge in [0, 0.05) is 12.7 Å². The zero-order chi connectivity index (χ0) is 14.5. The molecule has 0 aliphatic carbocycles. The second-order valence-corrected chi connectivity index (χ2v) is 3.96. The molecular formula is C13H12N6O. The first kappa shape index (κ1) is 13.5. The van der Waals surface area contributed by atoms with Crippen LogP contribution in [0, 0.1) is 11.3 Å². The number of rotatable bonds is 3. The van der Waals surface area contributed by atoms with Gasteiger partial charge < -0.3 is 10.3 Å². The van der Waals surface area contributed by atoms with E-state index in [1.54, 1.807) is 31.3 Å². The first-order chi connectivity index (χ1) is 9.65. The second kappa shape index (κ2) is 5.77. The van der Waals surface area contributed by atoms with E-state index in [1.807, 2.05) is 6.07 Å². The van der Waals surface area contributed by atoms with Crippen LogP contribution in [-0.2, 0) is 0 Å². The van der Waals surface area contributed by atoms with Crippen molar-refractivity contribution in [1.29, 1.82) is 5.26 Å². The summed E-state index contributed by atoms with van der Waals surface area (Å²) in [6, 6.07) is 8.68. The zero-order valence-electron chi connectivity index (χ0n) is 10.7. The Bertz CT molecular complexity index is 661. The van der Waals surface area contributed by atoms with Crippen LogP contribution < -0.4 is 16.2 Å². The Morgan fingerprint density at radius 2 is 2.05 bits per heavy atom. The minimum atomic E-state index is -0.320. The topological polar surface area (TPSA) is 108 Å². The number of nitrogens with one attached hydrogen (secondary N) is 1. The lowest BCUT2D eigenvalue weighted by atomic mass is 10.2. The van der Waals surface area contributed by atoms with E-state index in [4.69, 9.17) is 11.1 Å². The van der Waals surface area contributed by atoms with E-state index in [-0.39, 0.29) is 11.6 Å². The second-order valence-electron chi connectivity index (χ2n) is 3.96. The van der Waals surface area contributed by atoms with Crippen molar-refractivity contribution >= 4 is 17.4 Å². The number of benzene rings is 1. The summed E-state index contributed by atoms with van der Waals surface area (Å²) in [5.41, 5.74) is 3.69. The van der Waals surface area contributed by atoms with Crippen LogP contribution in [0.3, 0.4) is 0 Å². The quantitative estimate of drug-likeness (QED) is 0.632. The third kappa shape index (κ3) is 2.71. The van der Waals surface area contributed by atoms with Gasteiger partial charge in [-0.1, -0.05) is 0 Å². The fraction of sp³-hybridized carbons (Fsp3) is 0.0769. The maximum atomic E-state index is 12.3. The number of carbonyl (C=O) groups is 1. The Morgan fingerprint density at radius 1 is 1.35 bits per heavy atom. The molecule has 7 heteroatoms. The predicted octanol–water partition coefficient (Wildman–Crippen LogP) is 0.910. The van der Waals surface area contributed by atoms with Crippen LogP contribution in [0.4, 0.5) is 11.5 Å². The molecule has 2 rings (SSSR count). The number of nitrogens with zero attached hydrogens (tertiary/aromatic N) is 4. The highest BCUT2D eigenvalue weighted by Gasteiger charge is 2.15. The SMILES string of the molecule is CN(C(=O)c1cncc(NN)n1)c1ccc(C#N)cc1. The first-order valence-electron chi connectivity index (χ1n) is 5.72. The van der Waals surface area contributed by atoms with E-state index in [9.17, 15) is 4.79 Å². The lowest BCUT2D eigenvalue weighted by molar-refractivity contribution is 0.0988. The van der Waals surface area contributed by atoms with Crippen molar-refractivity contribution in [2.24, 2.45) is 5.84 Å². The van der Waals surface area contributed by atoms with Crippen LogP contribution in [0.25, 0.3) is 0 Å². The highest BCUT2D eigenvalue weighted by molar-refractivity contribution is 6.04. The average molecular weight is 268 g/mol.